The van der Waals surface area contributed by atoms with Crippen molar-refractivity contribution in [2.75, 3.05) is 7.11 Å². The van der Waals surface area contributed by atoms with Crippen molar-refractivity contribution < 1.29 is 9.47 Å². The summed E-state index contributed by atoms with van der Waals surface area (Å²) in [5.74, 6) is 1.55. The molecule has 4 heteroatoms. The molecule has 0 aliphatic rings. The summed E-state index contributed by atoms with van der Waals surface area (Å²) in [6.07, 6.45) is 1.09. The highest BCUT2D eigenvalue weighted by molar-refractivity contribution is 9.10. The second-order valence-electron chi connectivity index (χ2n) is 5.56. The minimum atomic E-state index is 0.460. The molecule has 2 aromatic carbocycles. The van der Waals surface area contributed by atoms with Crippen LogP contribution in [-0.4, -0.2) is 13.2 Å². The van der Waals surface area contributed by atoms with Gasteiger partial charge in [-0.15, -0.1) is 0 Å². The number of hydrogen-bond acceptors (Lipinski definition) is 3. The summed E-state index contributed by atoms with van der Waals surface area (Å²) >= 11 is 3.54. The van der Waals surface area contributed by atoms with E-state index in [0.717, 1.165) is 40.1 Å². The van der Waals surface area contributed by atoms with Gasteiger partial charge >= 0.3 is 0 Å². The minimum absolute atomic E-state index is 0.460. The van der Waals surface area contributed by atoms with Crippen LogP contribution in [0.25, 0.3) is 0 Å². The number of methoxy groups -OCH3 is 1. The topological polar surface area (TPSA) is 30.5 Å². The summed E-state index contributed by atoms with van der Waals surface area (Å²) in [6, 6.07) is 14.6. The number of hydrogen-bond donors (Lipinski definition) is 1. The number of benzene rings is 2. The number of rotatable bonds is 8. The van der Waals surface area contributed by atoms with Crippen LogP contribution in [0.3, 0.4) is 0 Å². The van der Waals surface area contributed by atoms with Gasteiger partial charge in [0.25, 0.3) is 0 Å². The Hall–Kier alpha value is -1.52. The first-order chi connectivity index (χ1) is 11.1. The Balaban J connectivity index is 2.20. The largest absolute Gasteiger partial charge is 0.493 e. The van der Waals surface area contributed by atoms with Crippen LogP contribution in [0, 0.1) is 0 Å². The molecule has 1 unspecified atom stereocenters. The van der Waals surface area contributed by atoms with Crippen molar-refractivity contribution >= 4 is 15.9 Å². The van der Waals surface area contributed by atoms with E-state index in [4.69, 9.17) is 9.47 Å². The molecule has 0 aliphatic heterocycles. The molecule has 0 bridgehead atoms. The molecule has 124 valence electrons. The summed E-state index contributed by atoms with van der Waals surface area (Å²) in [4.78, 5) is 0. The normalized spacial score (nSPS) is 12.0. The van der Waals surface area contributed by atoms with E-state index in [1.807, 2.05) is 24.3 Å². The van der Waals surface area contributed by atoms with Crippen LogP contribution in [-0.2, 0) is 13.2 Å². The van der Waals surface area contributed by atoms with E-state index in [1.54, 1.807) is 7.11 Å². The molecule has 0 spiro atoms. The molecule has 0 amide bonds. The van der Waals surface area contributed by atoms with Crippen LogP contribution >= 0.6 is 15.9 Å². The molecule has 0 aliphatic carbocycles. The molecule has 1 atom stereocenters. The van der Waals surface area contributed by atoms with Crippen molar-refractivity contribution in [2.45, 2.75) is 39.5 Å². The fraction of sp³-hybridized carbons (Fsp3) is 0.368. The second kappa shape index (κ2) is 8.94. The van der Waals surface area contributed by atoms with Crippen LogP contribution in [0.4, 0.5) is 0 Å². The van der Waals surface area contributed by atoms with Gasteiger partial charge in [-0.25, -0.2) is 0 Å². The molecule has 2 aromatic rings. The maximum Gasteiger partial charge on any atom is 0.166 e. The van der Waals surface area contributed by atoms with Gasteiger partial charge in [0.1, 0.15) is 6.61 Å². The summed E-state index contributed by atoms with van der Waals surface area (Å²) in [5, 5.41) is 3.51. The van der Waals surface area contributed by atoms with Crippen molar-refractivity contribution in [3.05, 3.63) is 58.1 Å². The maximum atomic E-state index is 6.08. The van der Waals surface area contributed by atoms with E-state index in [-0.39, 0.29) is 0 Å². The monoisotopic (exact) mass is 377 g/mol. The Morgan fingerprint density at radius 2 is 1.91 bits per heavy atom. The Labute approximate surface area is 147 Å². The number of halogens is 1. The van der Waals surface area contributed by atoms with Gasteiger partial charge in [-0.3, -0.25) is 0 Å². The highest BCUT2D eigenvalue weighted by atomic mass is 79.9. The molecule has 0 radical (unpaired) electrons. The molecule has 0 saturated carbocycles. The van der Waals surface area contributed by atoms with Crippen LogP contribution in [0.5, 0.6) is 11.5 Å². The van der Waals surface area contributed by atoms with Crippen LogP contribution in [0.1, 0.15) is 31.4 Å². The maximum absolute atomic E-state index is 6.08. The standard InChI is InChI=1S/C19H24BrNO2/c1-4-14(2)21-12-16-10-17(20)11-18(22-3)19(16)23-13-15-8-6-5-7-9-15/h5-11,14,21H,4,12-13H2,1-3H3. The molecule has 3 nitrogen and oxygen atoms in total. The predicted octanol–water partition coefficient (Wildman–Crippen LogP) is 4.92. The van der Waals surface area contributed by atoms with Gasteiger partial charge in [-0.1, -0.05) is 53.2 Å². The summed E-state index contributed by atoms with van der Waals surface area (Å²) in [7, 11) is 1.67. The lowest BCUT2D eigenvalue weighted by molar-refractivity contribution is 0.280. The molecular formula is C19H24BrNO2. The number of ether oxygens (including phenoxy) is 2. The van der Waals surface area contributed by atoms with Crippen molar-refractivity contribution in [3.8, 4) is 11.5 Å². The SMILES string of the molecule is CCC(C)NCc1cc(Br)cc(OC)c1OCc1ccccc1. The lowest BCUT2D eigenvalue weighted by Gasteiger charge is -2.18. The van der Waals surface area contributed by atoms with Gasteiger partial charge in [0.2, 0.25) is 0 Å². The lowest BCUT2D eigenvalue weighted by Crippen LogP contribution is -2.24. The fourth-order valence-corrected chi connectivity index (χ4v) is 2.71. The van der Waals surface area contributed by atoms with Gasteiger partial charge in [-0.2, -0.15) is 0 Å². The molecule has 23 heavy (non-hydrogen) atoms. The van der Waals surface area contributed by atoms with Crippen molar-refractivity contribution in [1.82, 2.24) is 5.32 Å². The van der Waals surface area contributed by atoms with E-state index >= 15 is 0 Å². The lowest BCUT2D eigenvalue weighted by atomic mass is 10.1. The quantitative estimate of drug-likeness (QED) is 0.707. The molecule has 1 N–H and O–H groups in total. The Bertz CT molecular complexity index is 616. The Morgan fingerprint density at radius 1 is 1.17 bits per heavy atom. The number of nitrogens with one attached hydrogen (secondary N) is 1. The third kappa shape index (κ3) is 5.26. The molecule has 0 fully saturated rings. The van der Waals surface area contributed by atoms with Gasteiger partial charge in [0.15, 0.2) is 11.5 Å². The molecule has 2 rings (SSSR count). The fourth-order valence-electron chi connectivity index (χ4n) is 2.23. The van der Waals surface area contributed by atoms with Crippen LogP contribution in [0.2, 0.25) is 0 Å². The van der Waals surface area contributed by atoms with Crippen LogP contribution < -0.4 is 14.8 Å². The Kier molecular flexibility index (Phi) is 6.93. The molecule has 0 saturated heterocycles. The van der Waals surface area contributed by atoms with E-state index in [9.17, 15) is 0 Å². The van der Waals surface area contributed by atoms with Crippen molar-refractivity contribution in [2.24, 2.45) is 0 Å². The summed E-state index contributed by atoms with van der Waals surface area (Å²) < 4.78 is 12.6. The zero-order chi connectivity index (χ0) is 16.7. The Morgan fingerprint density at radius 3 is 2.57 bits per heavy atom. The third-order valence-corrected chi connectivity index (χ3v) is 4.25. The molecule has 0 aromatic heterocycles. The predicted molar refractivity (Wildman–Crippen MR) is 98.1 cm³/mol. The summed E-state index contributed by atoms with van der Waals surface area (Å²) in [5.41, 5.74) is 2.23. The van der Waals surface area contributed by atoms with Crippen molar-refractivity contribution in [3.63, 3.8) is 0 Å². The highest BCUT2D eigenvalue weighted by Crippen LogP contribution is 2.35. The van der Waals surface area contributed by atoms with Crippen molar-refractivity contribution in [1.29, 1.82) is 0 Å². The van der Waals surface area contributed by atoms with Gasteiger partial charge in [0, 0.05) is 22.6 Å². The summed E-state index contributed by atoms with van der Waals surface area (Å²) in [6.45, 7) is 5.62. The van der Waals surface area contributed by atoms with E-state index < -0.39 is 0 Å². The van der Waals surface area contributed by atoms with E-state index in [2.05, 4.69) is 53.3 Å². The first-order valence-corrected chi connectivity index (χ1v) is 8.69. The van der Waals surface area contributed by atoms with Gasteiger partial charge in [0.05, 0.1) is 7.11 Å². The average Bonchev–Trinajstić information content (AvgIpc) is 2.58. The minimum Gasteiger partial charge on any atom is -0.493 e. The zero-order valence-electron chi connectivity index (χ0n) is 13.9. The van der Waals surface area contributed by atoms with Gasteiger partial charge < -0.3 is 14.8 Å². The second-order valence-corrected chi connectivity index (χ2v) is 6.48. The molecular weight excluding hydrogens is 354 g/mol. The van der Waals surface area contributed by atoms with Gasteiger partial charge in [-0.05, 0) is 31.0 Å². The zero-order valence-corrected chi connectivity index (χ0v) is 15.5. The smallest absolute Gasteiger partial charge is 0.166 e. The first-order valence-electron chi connectivity index (χ1n) is 7.90. The third-order valence-electron chi connectivity index (χ3n) is 3.80. The first kappa shape index (κ1) is 17.8. The highest BCUT2D eigenvalue weighted by Gasteiger charge is 2.13. The van der Waals surface area contributed by atoms with E-state index in [1.165, 1.54) is 0 Å². The molecule has 0 heterocycles. The van der Waals surface area contributed by atoms with Crippen LogP contribution in [0.15, 0.2) is 46.9 Å². The average molecular weight is 378 g/mol. The van der Waals surface area contributed by atoms with E-state index in [0.29, 0.717) is 12.6 Å².